The Morgan fingerprint density at radius 3 is 3.00 bits per heavy atom. The number of nitrogens with one attached hydrogen (secondary N) is 1. The normalized spacial score (nSPS) is 19.1. The Bertz CT molecular complexity index is 524. The van der Waals surface area contributed by atoms with Crippen molar-refractivity contribution in [3.63, 3.8) is 0 Å². The molecule has 2 aromatic rings. The van der Waals surface area contributed by atoms with Crippen molar-refractivity contribution in [1.82, 2.24) is 14.7 Å². The zero-order valence-electron chi connectivity index (χ0n) is 12.3. The van der Waals surface area contributed by atoms with Gasteiger partial charge in [-0.05, 0) is 32.2 Å². The highest BCUT2D eigenvalue weighted by Gasteiger charge is 2.38. The summed E-state index contributed by atoms with van der Waals surface area (Å²) in [4.78, 5) is 5.78. The van der Waals surface area contributed by atoms with Crippen LogP contribution in [0.4, 0.5) is 0 Å². The van der Waals surface area contributed by atoms with E-state index in [0.717, 1.165) is 24.3 Å². The zero-order valence-corrected chi connectivity index (χ0v) is 13.1. The number of nitrogens with zero attached hydrogens (tertiary/aromatic N) is 2. The van der Waals surface area contributed by atoms with Gasteiger partial charge in [-0.2, -0.15) is 0 Å². The van der Waals surface area contributed by atoms with Gasteiger partial charge >= 0.3 is 0 Å². The number of rotatable bonds is 7. The van der Waals surface area contributed by atoms with Gasteiger partial charge in [0.1, 0.15) is 0 Å². The predicted octanol–water partition coefficient (Wildman–Crippen LogP) is 2.88. The van der Waals surface area contributed by atoms with Gasteiger partial charge in [-0.25, -0.2) is 4.98 Å². The third-order valence-corrected chi connectivity index (χ3v) is 5.18. The molecule has 1 N–H and O–H groups in total. The van der Waals surface area contributed by atoms with Crippen molar-refractivity contribution in [2.24, 2.45) is 0 Å². The third-order valence-electron chi connectivity index (χ3n) is 4.41. The molecule has 1 saturated carbocycles. The van der Waals surface area contributed by atoms with Crippen molar-refractivity contribution in [1.29, 1.82) is 0 Å². The lowest BCUT2D eigenvalue weighted by molar-refractivity contribution is -0.0833. The van der Waals surface area contributed by atoms with Crippen LogP contribution < -0.4 is 5.32 Å². The van der Waals surface area contributed by atoms with Gasteiger partial charge in [0.15, 0.2) is 4.96 Å². The lowest BCUT2D eigenvalue weighted by atomic mass is 9.75. The molecule has 1 aliphatic rings. The summed E-state index contributed by atoms with van der Waals surface area (Å²) in [5.74, 6) is 0. The first-order valence-electron chi connectivity index (χ1n) is 7.44. The molecule has 2 heterocycles. The lowest BCUT2D eigenvalue weighted by Crippen LogP contribution is -2.46. The molecule has 20 heavy (non-hydrogen) atoms. The first kappa shape index (κ1) is 14.0. The van der Waals surface area contributed by atoms with Gasteiger partial charge in [-0.15, -0.1) is 11.3 Å². The molecule has 4 nitrogen and oxygen atoms in total. The molecule has 2 aromatic heterocycles. The largest absolute Gasteiger partial charge is 0.378 e. The summed E-state index contributed by atoms with van der Waals surface area (Å²) in [6.45, 7) is 3.16. The molecule has 0 saturated heterocycles. The maximum absolute atomic E-state index is 5.77. The van der Waals surface area contributed by atoms with Gasteiger partial charge in [0.05, 0.1) is 11.3 Å². The van der Waals surface area contributed by atoms with Gasteiger partial charge in [0, 0.05) is 37.3 Å². The van der Waals surface area contributed by atoms with Gasteiger partial charge in [0.25, 0.3) is 0 Å². The van der Waals surface area contributed by atoms with Gasteiger partial charge < -0.3 is 10.1 Å². The van der Waals surface area contributed by atoms with Crippen molar-refractivity contribution >= 4 is 16.3 Å². The summed E-state index contributed by atoms with van der Waals surface area (Å²) in [5, 5.41) is 5.67. The number of ether oxygens (including phenoxy) is 1. The third kappa shape index (κ3) is 2.75. The van der Waals surface area contributed by atoms with E-state index in [4.69, 9.17) is 9.72 Å². The van der Waals surface area contributed by atoms with E-state index < -0.39 is 0 Å². The maximum Gasteiger partial charge on any atom is 0.193 e. The fourth-order valence-electron chi connectivity index (χ4n) is 3.14. The molecule has 0 aliphatic heterocycles. The first-order valence-corrected chi connectivity index (χ1v) is 8.32. The van der Waals surface area contributed by atoms with Crippen molar-refractivity contribution in [2.75, 3.05) is 13.7 Å². The fourth-order valence-corrected chi connectivity index (χ4v) is 3.86. The van der Waals surface area contributed by atoms with Crippen LogP contribution in [0, 0.1) is 0 Å². The Kier molecular flexibility index (Phi) is 4.10. The van der Waals surface area contributed by atoms with Crippen LogP contribution in [0.15, 0.2) is 17.8 Å². The molecule has 1 fully saturated rings. The maximum atomic E-state index is 5.77. The minimum Gasteiger partial charge on any atom is -0.378 e. The standard InChI is InChI=1S/C15H23N3OS/c1-3-16-12(10-15(19-2)5-4-6-15)9-13-11-18-7-8-20-14(18)17-13/h7-8,11-12,16H,3-6,9-10H2,1-2H3. The quantitative estimate of drug-likeness (QED) is 0.853. The van der Waals surface area contributed by atoms with Crippen LogP contribution in [0.2, 0.25) is 0 Å². The van der Waals surface area contributed by atoms with E-state index in [-0.39, 0.29) is 5.60 Å². The van der Waals surface area contributed by atoms with Crippen molar-refractivity contribution in [3.05, 3.63) is 23.5 Å². The van der Waals surface area contributed by atoms with E-state index in [0.29, 0.717) is 6.04 Å². The molecular formula is C15H23N3OS. The van der Waals surface area contributed by atoms with Crippen LogP contribution in [0.25, 0.3) is 4.96 Å². The Balaban J connectivity index is 1.68. The summed E-state index contributed by atoms with van der Waals surface area (Å²) in [6, 6.07) is 0.449. The summed E-state index contributed by atoms with van der Waals surface area (Å²) < 4.78 is 7.88. The van der Waals surface area contributed by atoms with E-state index in [9.17, 15) is 0 Å². The number of hydrogen-bond acceptors (Lipinski definition) is 4. The summed E-state index contributed by atoms with van der Waals surface area (Å²) in [6.07, 6.45) is 9.98. The van der Waals surface area contributed by atoms with Crippen molar-refractivity contribution in [3.8, 4) is 0 Å². The number of likely N-dealkylation sites (N-methyl/N-ethyl adjacent to an activating group) is 1. The van der Waals surface area contributed by atoms with Gasteiger partial charge in [-0.1, -0.05) is 6.92 Å². The average molecular weight is 293 g/mol. The van der Waals surface area contributed by atoms with E-state index in [2.05, 4.69) is 34.4 Å². The molecule has 0 spiro atoms. The van der Waals surface area contributed by atoms with Crippen molar-refractivity contribution in [2.45, 2.75) is 50.7 Å². The van der Waals surface area contributed by atoms with Crippen molar-refractivity contribution < 1.29 is 4.74 Å². The minimum absolute atomic E-state index is 0.115. The molecule has 0 amide bonds. The Morgan fingerprint density at radius 1 is 1.55 bits per heavy atom. The summed E-state index contributed by atoms with van der Waals surface area (Å²) >= 11 is 1.69. The fraction of sp³-hybridized carbons (Fsp3) is 0.667. The Labute approximate surface area is 124 Å². The van der Waals surface area contributed by atoms with Gasteiger partial charge in [0.2, 0.25) is 0 Å². The van der Waals surface area contributed by atoms with Crippen LogP contribution in [0.1, 0.15) is 38.3 Å². The predicted molar refractivity (Wildman–Crippen MR) is 82.4 cm³/mol. The number of aromatic nitrogens is 2. The topological polar surface area (TPSA) is 38.6 Å². The van der Waals surface area contributed by atoms with Crippen LogP contribution in [-0.2, 0) is 11.2 Å². The molecule has 0 aromatic carbocycles. The van der Waals surface area contributed by atoms with E-state index in [1.54, 1.807) is 11.3 Å². The highest BCUT2D eigenvalue weighted by molar-refractivity contribution is 7.15. The SMILES string of the molecule is CCNC(Cc1cn2ccsc2n1)CC1(OC)CCC1. The highest BCUT2D eigenvalue weighted by Crippen LogP contribution is 2.39. The second kappa shape index (κ2) is 5.84. The number of methoxy groups -OCH3 is 1. The molecular weight excluding hydrogens is 270 g/mol. The summed E-state index contributed by atoms with van der Waals surface area (Å²) in [7, 11) is 1.86. The zero-order chi connectivity index (χ0) is 14.0. The Morgan fingerprint density at radius 2 is 2.40 bits per heavy atom. The molecule has 0 radical (unpaired) electrons. The minimum atomic E-state index is 0.115. The highest BCUT2D eigenvalue weighted by atomic mass is 32.1. The number of fused-ring (bicyclic) bond motifs is 1. The molecule has 5 heteroatoms. The molecule has 110 valence electrons. The summed E-state index contributed by atoms with van der Waals surface area (Å²) in [5.41, 5.74) is 1.29. The molecule has 3 rings (SSSR count). The van der Waals surface area contributed by atoms with Crippen LogP contribution in [0.3, 0.4) is 0 Å². The number of hydrogen-bond donors (Lipinski definition) is 1. The van der Waals surface area contributed by atoms with E-state index >= 15 is 0 Å². The second-order valence-electron chi connectivity index (χ2n) is 5.73. The van der Waals surface area contributed by atoms with Crippen LogP contribution >= 0.6 is 11.3 Å². The van der Waals surface area contributed by atoms with Crippen LogP contribution in [0.5, 0.6) is 0 Å². The Hall–Kier alpha value is -0.910. The second-order valence-corrected chi connectivity index (χ2v) is 6.60. The van der Waals surface area contributed by atoms with E-state index in [1.807, 2.05) is 7.11 Å². The molecule has 0 bridgehead atoms. The van der Waals surface area contributed by atoms with Gasteiger partial charge in [-0.3, -0.25) is 4.40 Å². The van der Waals surface area contributed by atoms with E-state index in [1.165, 1.54) is 25.0 Å². The average Bonchev–Trinajstić information content (AvgIpc) is 2.94. The monoisotopic (exact) mass is 293 g/mol. The molecule has 1 atom stereocenters. The lowest BCUT2D eigenvalue weighted by Gasteiger charge is -2.43. The first-order chi connectivity index (χ1) is 9.74. The number of thiazole rings is 1. The van der Waals surface area contributed by atoms with Crippen LogP contribution in [-0.4, -0.2) is 34.7 Å². The smallest absolute Gasteiger partial charge is 0.193 e. The number of imidazole rings is 1. The molecule has 1 aliphatic carbocycles. The molecule has 1 unspecified atom stereocenters.